The molecule has 2 aromatic rings. The molecule has 0 spiro atoms. The largest absolute Gasteiger partial charge is 0.370 e. The van der Waals surface area contributed by atoms with Gasteiger partial charge in [-0.3, -0.25) is 24.6 Å². The molecule has 4 amide bonds. The molecule has 0 radical (unpaired) electrons. The highest BCUT2D eigenvalue weighted by atomic mass is 16.2. The molecule has 45 heavy (non-hydrogen) atoms. The van der Waals surface area contributed by atoms with E-state index >= 15 is 0 Å². The van der Waals surface area contributed by atoms with Crippen molar-refractivity contribution in [2.24, 2.45) is 22.9 Å². The maximum absolute atomic E-state index is 13.9. The molecular formula is C30H47B2N9O4. The van der Waals surface area contributed by atoms with E-state index in [9.17, 15) is 19.2 Å². The normalized spacial score (nSPS) is 14.9. The van der Waals surface area contributed by atoms with E-state index < -0.39 is 46.6 Å². The lowest BCUT2D eigenvalue weighted by Crippen LogP contribution is -2.69. The summed E-state index contributed by atoms with van der Waals surface area (Å²) in [6, 6.07) is 16.4. The summed E-state index contributed by atoms with van der Waals surface area (Å²) in [5.41, 5.74) is 21.6. The van der Waals surface area contributed by atoms with Gasteiger partial charge in [-0.05, 0) is 56.2 Å². The Morgan fingerprint density at radius 2 is 1.42 bits per heavy atom. The van der Waals surface area contributed by atoms with Crippen LogP contribution in [0.2, 0.25) is 0 Å². The van der Waals surface area contributed by atoms with Gasteiger partial charge in [0.1, 0.15) is 21.7 Å². The zero-order valence-electron chi connectivity index (χ0n) is 26.2. The highest BCUT2D eigenvalue weighted by Crippen LogP contribution is 2.17. The van der Waals surface area contributed by atoms with Gasteiger partial charge in [-0.2, -0.15) is 0 Å². The third-order valence-corrected chi connectivity index (χ3v) is 7.62. The predicted molar refractivity (Wildman–Crippen MR) is 180 cm³/mol. The maximum Gasteiger partial charge on any atom is 0.242 e. The van der Waals surface area contributed by atoms with Gasteiger partial charge < -0.3 is 44.2 Å². The Hall–Kier alpha value is -4.36. The highest BCUT2D eigenvalue weighted by molar-refractivity contribution is 6.33. The lowest BCUT2D eigenvalue weighted by molar-refractivity contribution is -0.135. The molecule has 0 heterocycles. The summed E-state index contributed by atoms with van der Waals surface area (Å²) < 4.78 is 0. The summed E-state index contributed by atoms with van der Waals surface area (Å²) in [4.78, 5) is 53.4. The van der Waals surface area contributed by atoms with Gasteiger partial charge in [0.2, 0.25) is 23.6 Å². The van der Waals surface area contributed by atoms with Crippen LogP contribution >= 0.6 is 0 Å². The van der Waals surface area contributed by atoms with Gasteiger partial charge in [-0.1, -0.05) is 67.1 Å². The van der Waals surface area contributed by atoms with E-state index in [1.807, 2.05) is 60.7 Å². The fourth-order valence-electron chi connectivity index (χ4n) is 4.84. The zero-order valence-corrected chi connectivity index (χ0v) is 26.2. The summed E-state index contributed by atoms with van der Waals surface area (Å²) in [5.74, 6) is -2.69. The van der Waals surface area contributed by atoms with Crippen LogP contribution in [0.15, 0.2) is 60.7 Å². The second-order valence-corrected chi connectivity index (χ2v) is 11.7. The molecule has 13 nitrogen and oxygen atoms in total. The Morgan fingerprint density at radius 1 is 0.822 bits per heavy atom. The molecule has 0 fully saturated rings. The molecule has 0 saturated carbocycles. The first-order valence-corrected chi connectivity index (χ1v) is 15.2. The van der Waals surface area contributed by atoms with Crippen LogP contribution < -0.4 is 44.2 Å². The standard InChI is InChI=1S/C30H47B2N9O4/c31-29(26(35)44,15-7-8-16-33)41-27(45)30(32,19-21-12-5-2-6-13-21)40-25(43)23(14-9-17-38-28(36)37)39-24(42)22(34)18-20-10-3-1-4-11-20/h1-6,10-13,22-23H,7-9,14-19,31-34H2,(H2,35,44)(H,39,42)(H,40,43)(H,41,45)(H4,36,37,38)/t22-,23+,29-,30-/m0/s1. The summed E-state index contributed by atoms with van der Waals surface area (Å²) in [6.45, 7) is 0.710. The van der Waals surface area contributed by atoms with Crippen LogP contribution in [0.3, 0.4) is 0 Å². The van der Waals surface area contributed by atoms with Gasteiger partial charge in [0.15, 0.2) is 5.96 Å². The number of nitrogens with one attached hydrogen (secondary N) is 5. The zero-order chi connectivity index (χ0) is 33.5. The fourth-order valence-corrected chi connectivity index (χ4v) is 4.84. The van der Waals surface area contributed by atoms with E-state index in [0.29, 0.717) is 25.8 Å². The van der Waals surface area contributed by atoms with Crippen molar-refractivity contribution in [3.8, 4) is 0 Å². The lowest BCUT2D eigenvalue weighted by Gasteiger charge is -2.36. The third-order valence-electron chi connectivity index (χ3n) is 7.62. The van der Waals surface area contributed by atoms with Crippen molar-refractivity contribution in [2.75, 3.05) is 13.1 Å². The van der Waals surface area contributed by atoms with Crippen molar-refractivity contribution in [1.29, 1.82) is 5.41 Å². The van der Waals surface area contributed by atoms with Crippen molar-refractivity contribution in [1.82, 2.24) is 21.3 Å². The Kier molecular flexibility index (Phi) is 14.6. The molecule has 2 rings (SSSR count). The van der Waals surface area contributed by atoms with Crippen LogP contribution in [0.1, 0.15) is 43.2 Å². The summed E-state index contributed by atoms with van der Waals surface area (Å²) >= 11 is 0. The summed E-state index contributed by atoms with van der Waals surface area (Å²) in [6.07, 6.45) is 2.35. The first-order valence-electron chi connectivity index (χ1n) is 15.2. The quantitative estimate of drug-likeness (QED) is 0.0340. The molecule has 242 valence electrons. The number of guanidine groups is 1. The summed E-state index contributed by atoms with van der Waals surface area (Å²) in [7, 11) is 3.11. The van der Waals surface area contributed by atoms with Crippen molar-refractivity contribution >= 4 is 45.3 Å². The second kappa shape index (κ2) is 17.8. The van der Waals surface area contributed by atoms with Gasteiger partial charge >= 0.3 is 0 Å². The van der Waals surface area contributed by atoms with Crippen LogP contribution in [0.4, 0.5) is 0 Å². The Labute approximate surface area is 266 Å². The van der Waals surface area contributed by atoms with Gasteiger partial charge in [0.25, 0.3) is 0 Å². The van der Waals surface area contributed by atoms with Crippen molar-refractivity contribution in [3.05, 3.63) is 71.8 Å². The topological polar surface area (TPSA) is 244 Å². The molecule has 4 atom stereocenters. The smallest absolute Gasteiger partial charge is 0.242 e. The first-order chi connectivity index (χ1) is 21.3. The number of amides is 4. The molecule has 0 aliphatic rings. The minimum Gasteiger partial charge on any atom is -0.370 e. The van der Waals surface area contributed by atoms with Crippen molar-refractivity contribution in [2.45, 2.75) is 67.9 Å². The second-order valence-electron chi connectivity index (χ2n) is 11.7. The minimum absolute atomic E-state index is 0.0864. The van der Waals surface area contributed by atoms with E-state index in [1.54, 1.807) is 15.7 Å². The molecule has 0 bridgehead atoms. The average molecular weight is 619 g/mol. The molecule has 2 aromatic carbocycles. The molecule has 0 unspecified atom stereocenters. The molecule has 13 N–H and O–H groups in total. The van der Waals surface area contributed by atoms with E-state index in [-0.39, 0.29) is 38.2 Å². The number of primary amides is 1. The van der Waals surface area contributed by atoms with Crippen LogP contribution in [-0.2, 0) is 32.0 Å². The van der Waals surface area contributed by atoms with Gasteiger partial charge in [-0.25, -0.2) is 0 Å². The van der Waals surface area contributed by atoms with Crippen molar-refractivity contribution in [3.63, 3.8) is 0 Å². The molecule has 0 aliphatic carbocycles. The number of nitrogens with two attached hydrogens (primary N) is 4. The van der Waals surface area contributed by atoms with Gasteiger partial charge in [0, 0.05) is 6.54 Å². The van der Waals surface area contributed by atoms with Crippen molar-refractivity contribution < 1.29 is 19.2 Å². The Balaban J connectivity index is 2.33. The molecule has 0 saturated heterocycles. The predicted octanol–water partition coefficient (Wildman–Crippen LogP) is -2.95. The highest BCUT2D eigenvalue weighted by Gasteiger charge is 2.42. The van der Waals surface area contributed by atoms with E-state index in [1.165, 1.54) is 0 Å². The SMILES string of the molecule is B[C@@](CCCCN)(NC(=O)[C@](B)(Cc1ccccc1)NC(=O)[C@@H](CCCNC(=N)N)NC(=O)[C@@H](N)Cc1ccccc1)C(N)=O. The number of benzene rings is 2. The van der Waals surface area contributed by atoms with E-state index in [2.05, 4.69) is 21.3 Å². The molecular weight excluding hydrogens is 572 g/mol. The van der Waals surface area contributed by atoms with Crippen LogP contribution in [0, 0.1) is 5.41 Å². The van der Waals surface area contributed by atoms with E-state index in [0.717, 1.165) is 11.1 Å². The number of hydrogen-bond donors (Lipinski definition) is 9. The first kappa shape index (κ1) is 36.8. The Bertz CT molecular complexity index is 1290. The van der Waals surface area contributed by atoms with Crippen LogP contribution in [0.25, 0.3) is 0 Å². The third kappa shape index (κ3) is 12.3. The van der Waals surface area contributed by atoms with Crippen LogP contribution in [0.5, 0.6) is 0 Å². The Morgan fingerprint density at radius 3 is 1.98 bits per heavy atom. The van der Waals surface area contributed by atoms with E-state index in [4.69, 9.17) is 28.3 Å². The number of rotatable bonds is 19. The molecule has 15 heteroatoms. The number of carbonyl (C=O) groups is 4. The van der Waals surface area contributed by atoms with Gasteiger partial charge in [-0.15, -0.1) is 0 Å². The molecule has 0 aliphatic heterocycles. The summed E-state index contributed by atoms with van der Waals surface area (Å²) in [5, 5.41) is 18.4. The minimum atomic E-state index is -1.55. The molecule has 0 aromatic heterocycles. The lowest BCUT2D eigenvalue weighted by atomic mass is 9.68. The average Bonchev–Trinajstić information content (AvgIpc) is 2.99. The fraction of sp³-hybridized carbons (Fsp3) is 0.433. The van der Waals surface area contributed by atoms with Gasteiger partial charge in [0.05, 0.1) is 16.9 Å². The monoisotopic (exact) mass is 619 g/mol. The number of carbonyl (C=O) groups excluding carboxylic acids is 4. The number of unbranched alkanes of at least 4 members (excludes halogenated alkanes) is 1. The van der Waals surface area contributed by atoms with Crippen LogP contribution in [-0.4, -0.2) is 81.3 Å². The maximum atomic E-state index is 13.9. The number of hydrogen-bond acceptors (Lipinski definition) is 7.